The van der Waals surface area contributed by atoms with Gasteiger partial charge in [0.25, 0.3) is 0 Å². The fraction of sp³-hybridized carbons (Fsp3) is 0.636. The third kappa shape index (κ3) is 2.62. The second-order valence-corrected chi connectivity index (χ2v) is 4.51. The summed E-state index contributed by atoms with van der Waals surface area (Å²) in [5.41, 5.74) is 1.01. The second-order valence-electron chi connectivity index (χ2n) is 4.18. The van der Waals surface area contributed by atoms with E-state index in [4.69, 9.17) is 16.3 Å². The van der Waals surface area contributed by atoms with Crippen molar-refractivity contribution in [3.05, 3.63) is 17.0 Å². The third-order valence-electron chi connectivity index (χ3n) is 3.01. The highest BCUT2D eigenvalue weighted by molar-refractivity contribution is 6.28. The first-order chi connectivity index (χ1) is 7.66. The molecule has 2 atom stereocenters. The van der Waals surface area contributed by atoms with Crippen LogP contribution in [0.5, 0.6) is 0 Å². The Morgan fingerprint density at radius 3 is 3.12 bits per heavy atom. The molecule has 1 aromatic rings. The minimum Gasteiger partial charge on any atom is -0.378 e. The molecule has 1 N–H and O–H groups in total. The van der Waals surface area contributed by atoms with Crippen LogP contribution in [-0.4, -0.2) is 29.2 Å². The molecule has 88 valence electrons. The van der Waals surface area contributed by atoms with Crippen LogP contribution in [0.25, 0.3) is 0 Å². The number of nitrogens with one attached hydrogen (secondary N) is 1. The van der Waals surface area contributed by atoms with E-state index in [-0.39, 0.29) is 5.28 Å². The first-order valence-corrected chi connectivity index (χ1v) is 5.89. The lowest BCUT2D eigenvalue weighted by atomic mass is 10.0. The van der Waals surface area contributed by atoms with Crippen molar-refractivity contribution in [2.75, 3.05) is 18.5 Å². The van der Waals surface area contributed by atoms with Crippen molar-refractivity contribution in [1.29, 1.82) is 0 Å². The van der Waals surface area contributed by atoms with E-state index in [1.807, 2.05) is 6.92 Å². The molecule has 2 heterocycles. The highest BCUT2D eigenvalue weighted by atomic mass is 35.5. The number of aryl methyl sites for hydroxylation is 1. The summed E-state index contributed by atoms with van der Waals surface area (Å²) in [6.07, 6.45) is 3.16. The molecule has 4 nitrogen and oxygen atoms in total. The fourth-order valence-electron chi connectivity index (χ4n) is 1.87. The largest absolute Gasteiger partial charge is 0.378 e. The van der Waals surface area contributed by atoms with Crippen LogP contribution in [0.15, 0.2) is 6.20 Å². The molecule has 2 rings (SSSR count). The van der Waals surface area contributed by atoms with Crippen LogP contribution in [0.4, 0.5) is 5.82 Å². The SMILES string of the molecule is Cc1cnc(Cl)nc1NCC1CCOC1C. The molecule has 0 aliphatic carbocycles. The number of aromatic nitrogens is 2. The van der Waals surface area contributed by atoms with Crippen LogP contribution in [-0.2, 0) is 4.74 Å². The number of hydrogen-bond donors (Lipinski definition) is 1. The maximum atomic E-state index is 5.75. The summed E-state index contributed by atoms with van der Waals surface area (Å²) in [6.45, 7) is 5.80. The van der Waals surface area contributed by atoms with Crippen molar-refractivity contribution in [1.82, 2.24) is 9.97 Å². The van der Waals surface area contributed by atoms with E-state index in [1.54, 1.807) is 6.20 Å². The number of anilines is 1. The van der Waals surface area contributed by atoms with Gasteiger partial charge in [-0.3, -0.25) is 0 Å². The van der Waals surface area contributed by atoms with E-state index in [9.17, 15) is 0 Å². The van der Waals surface area contributed by atoms with Gasteiger partial charge in [-0.1, -0.05) is 0 Å². The average Bonchev–Trinajstić information content (AvgIpc) is 2.66. The fourth-order valence-corrected chi connectivity index (χ4v) is 2.00. The van der Waals surface area contributed by atoms with Crippen LogP contribution in [0.3, 0.4) is 0 Å². The Morgan fingerprint density at radius 1 is 1.62 bits per heavy atom. The predicted molar refractivity (Wildman–Crippen MR) is 63.8 cm³/mol. The van der Waals surface area contributed by atoms with Crippen molar-refractivity contribution in [3.63, 3.8) is 0 Å². The van der Waals surface area contributed by atoms with E-state index in [0.29, 0.717) is 12.0 Å². The standard InChI is InChI=1S/C11H16ClN3O/c1-7-5-14-11(12)15-10(7)13-6-9-3-4-16-8(9)2/h5,8-9H,3-4,6H2,1-2H3,(H,13,14,15). The summed E-state index contributed by atoms with van der Waals surface area (Å²) in [7, 11) is 0. The molecule has 0 saturated carbocycles. The van der Waals surface area contributed by atoms with Gasteiger partial charge in [0.1, 0.15) is 5.82 Å². The summed E-state index contributed by atoms with van der Waals surface area (Å²) in [5.74, 6) is 1.37. The van der Waals surface area contributed by atoms with Crippen LogP contribution >= 0.6 is 11.6 Å². The first-order valence-electron chi connectivity index (χ1n) is 5.51. The second kappa shape index (κ2) is 4.97. The Kier molecular flexibility index (Phi) is 3.61. The number of nitrogens with zero attached hydrogens (tertiary/aromatic N) is 2. The third-order valence-corrected chi connectivity index (χ3v) is 3.19. The Bertz CT molecular complexity index is 372. The molecule has 0 aromatic carbocycles. The molecule has 1 saturated heterocycles. The zero-order valence-corrected chi connectivity index (χ0v) is 10.3. The molecule has 1 aliphatic heterocycles. The maximum absolute atomic E-state index is 5.75. The van der Waals surface area contributed by atoms with Gasteiger partial charge in [-0.25, -0.2) is 9.97 Å². The minimum atomic E-state index is 0.281. The summed E-state index contributed by atoms with van der Waals surface area (Å²) in [4.78, 5) is 8.08. The molecule has 5 heteroatoms. The quantitative estimate of drug-likeness (QED) is 0.825. The van der Waals surface area contributed by atoms with Crippen LogP contribution < -0.4 is 5.32 Å². The molecule has 1 fully saturated rings. The van der Waals surface area contributed by atoms with Gasteiger partial charge in [0.05, 0.1) is 6.10 Å². The van der Waals surface area contributed by atoms with Gasteiger partial charge in [-0.05, 0) is 31.9 Å². The van der Waals surface area contributed by atoms with Gasteiger partial charge in [0.15, 0.2) is 0 Å². The minimum absolute atomic E-state index is 0.281. The molecule has 0 spiro atoms. The molecule has 0 amide bonds. The predicted octanol–water partition coefficient (Wildman–Crippen LogP) is 2.28. The molecule has 1 aromatic heterocycles. The summed E-state index contributed by atoms with van der Waals surface area (Å²) >= 11 is 5.75. The molecule has 16 heavy (non-hydrogen) atoms. The lowest BCUT2D eigenvalue weighted by molar-refractivity contribution is 0.108. The van der Waals surface area contributed by atoms with E-state index in [1.165, 1.54) is 0 Å². The van der Waals surface area contributed by atoms with E-state index < -0.39 is 0 Å². The zero-order chi connectivity index (χ0) is 11.5. The van der Waals surface area contributed by atoms with Gasteiger partial charge >= 0.3 is 0 Å². The van der Waals surface area contributed by atoms with Gasteiger partial charge in [-0.2, -0.15) is 0 Å². The molecular weight excluding hydrogens is 226 g/mol. The van der Waals surface area contributed by atoms with Crippen LogP contribution in [0, 0.1) is 12.8 Å². The Hall–Kier alpha value is -0.870. The van der Waals surface area contributed by atoms with Crippen LogP contribution in [0.1, 0.15) is 18.9 Å². The Morgan fingerprint density at radius 2 is 2.44 bits per heavy atom. The smallest absolute Gasteiger partial charge is 0.224 e. The van der Waals surface area contributed by atoms with Gasteiger partial charge < -0.3 is 10.1 Å². The Balaban J connectivity index is 1.96. The van der Waals surface area contributed by atoms with Crippen molar-refractivity contribution < 1.29 is 4.74 Å². The number of halogens is 1. The topological polar surface area (TPSA) is 47.0 Å². The lowest BCUT2D eigenvalue weighted by Gasteiger charge is -2.15. The van der Waals surface area contributed by atoms with Crippen molar-refractivity contribution in [3.8, 4) is 0 Å². The van der Waals surface area contributed by atoms with E-state index in [0.717, 1.165) is 31.0 Å². The van der Waals surface area contributed by atoms with E-state index >= 15 is 0 Å². The highest BCUT2D eigenvalue weighted by Gasteiger charge is 2.23. The Labute approximate surface area is 100 Å². The molecule has 0 bridgehead atoms. The molecule has 0 radical (unpaired) electrons. The molecule has 1 aliphatic rings. The number of ether oxygens (including phenoxy) is 1. The van der Waals surface area contributed by atoms with E-state index in [2.05, 4.69) is 22.2 Å². The molecular formula is C11H16ClN3O. The summed E-state index contributed by atoms with van der Waals surface area (Å²) < 4.78 is 5.51. The van der Waals surface area contributed by atoms with Crippen LogP contribution in [0.2, 0.25) is 5.28 Å². The first kappa shape index (κ1) is 11.6. The van der Waals surface area contributed by atoms with Crippen molar-refractivity contribution >= 4 is 17.4 Å². The average molecular weight is 242 g/mol. The number of hydrogen-bond acceptors (Lipinski definition) is 4. The normalized spacial score (nSPS) is 24.7. The lowest BCUT2D eigenvalue weighted by Crippen LogP contribution is -2.21. The van der Waals surface area contributed by atoms with Gasteiger partial charge in [0, 0.05) is 30.8 Å². The zero-order valence-electron chi connectivity index (χ0n) is 9.53. The summed E-state index contributed by atoms with van der Waals surface area (Å²) in [5, 5.41) is 3.59. The van der Waals surface area contributed by atoms with Gasteiger partial charge in [0.2, 0.25) is 5.28 Å². The molecule has 2 unspecified atom stereocenters. The summed E-state index contributed by atoms with van der Waals surface area (Å²) in [6, 6.07) is 0. The monoisotopic (exact) mass is 241 g/mol. The maximum Gasteiger partial charge on any atom is 0.224 e. The van der Waals surface area contributed by atoms with Crippen molar-refractivity contribution in [2.45, 2.75) is 26.4 Å². The van der Waals surface area contributed by atoms with Gasteiger partial charge in [-0.15, -0.1) is 0 Å². The highest BCUT2D eigenvalue weighted by Crippen LogP contribution is 2.21. The van der Waals surface area contributed by atoms with Crippen molar-refractivity contribution in [2.24, 2.45) is 5.92 Å². The number of rotatable bonds is 3.